The molecule has 0 aliphatic carbocycles. The topological polar surface area (TPSA) is 61.4 Å². The van der Waals surface area contributed by atoms with E-state index in [1.54, 1.807) is 18.8 Å². The third kappa shape index (κ3) is 2.66. The SMILES string of the molecule is CSc1ccc(OCc2nnc3n(C)c(=O)c4ccccc4n23)cc1. The number of thioether (sulfide) groups is 1. The van der Waals surface area contributed by atoms with Gasteiger partial charge in [-0.1, -0.05) is 12.1 Å². The molecule has 2 aromatic carbocycles. The van der Waals surface area contributed by atoms with Gasteiger partial charge in [0.15, 0.2) is 5.82 Å². The number of fused-ring (bicyclic) bond motifs is 3. The van der Waals surface area contributed by atoms with E-state index in [0.717, 1.165) is 11.3 Å². The third-order valence-corrected chi connectivity index (χ3v) is 4.86. The first-order valence-corrected chi connectivity index (χ1v) is 9.00. The number of ether oxygens (including phenoxy) is 1. The standard InChI is InChI=1S/C18H16N4O2S/c1-21-17(23)14-5-3-4-6-15(14)22-16(19-20-18(21)22)11-24-12-7-9-13(25-2)10-8-12/h3-10H,11H2,1-2H3. The molecule has 0 spiro atoms. The second-order valence-corrected chi connectivity index (χ2v) is 6.48. The van der Waals surface area contributed by atoms with Crippen LogP contribution in [0.1, 0.15) is 5.82 Å². The Labute approximate surface area is 148 Å². The number of para-hydroxylation sites is 1. The molecule has 0 unspecified atom stereocenters. The zero-order valence-corrected chi connectivity index (χ0v) is 14.7. The van der Waals surface area contributed by atoms with Gasteiger partial charge in [0.05, 0.1) is 10.9 Å². The average Bonchev–Trinajstić information content (AvgIpc) is 3.09. The van der Waals surface area contributed by atoms with Gasteiger partial charge in [-0.15, -0.1) is 22.0 Å². The van der Waals surface area contributed by atoms with Crippen molar-refractivity contribution in [3.8, 4) is 5.75 Å². The van der Waals surface area contributed by atoms with E-state index in [1.807, 2.05) is 59.2 Å². The van der Waals surface area contributed by atoms with Crippen molar-refractivity contribution in [1.82, 2.24) is 19.2 Å². The largest absolute Gasteiger partial charge is 0.486 e. The summed E-state index contributed by atoms with van der Waals surface area (Å²) >= 11 is 1.69. The highest BCUT2D eigenvalue weighted by Crippen LogP contribution is 2.20. The predicted molar refractivity (Wildman–Crippen MR) is 98.3 cm³/mol. The summed E-state index contributed by atoms with van der Waals surface area (Å²) in [6.45, 7) is 0.266. The van der Waals surface area contributed by atoms with Crippen molar-refractivity contribution in [1.29, 1.82) is 0 Å². The zero-order valence-electron chi connectivity index (χ0n) is 13.8. The van der Waals surface area contributed by atoms with Crippen molar-refractivity contribution in [3.63, 3.8) is 0 Å². The molecule has 0 amide bonds. The molecule has 4 rings (SSSR count). The first-order valence-electron chi connectivity index (χ1n) is 7.77. The van der Waals surface area contributed by atoms with E-state index in [0.29, 0.717) is 17.0 Å². The highest BCUT2D eigenvalue weighted by atomic mass is 32.2. The van der Waals surface area contributed by atoms with Crippen LogP contribution in [-0.4, -0.2) is 25.4 Å². The lowest BCUT2D eigenvalue weighted by atomic mass is 10.2. The zero-order chi connectivity index (χ0) is 17.4. The van der Waals surface area contributed by atoms with E-state index < -0.39 is 0 Å². The second-order valence-electron chi connectivity index (χ2n) is 5.60. The number of aryl methyl sites for hydroxylation is 1. The molecule has 0 bridgehead atoms. The average molecular weight is 352 g/mol. The summed E-state index contributed by atoms with van der Waals surface area (Å²) in [5, 5.41) is 9.01. The number of benzene rings is 2. The summed E-state index contributed by atoms with van der Waals surface area (Å²) in [5.41, 5.74) is 0.692. The van der Waals surface area contributed by atoms with Crippen molar-refractivity contribution < 1.29 is 4.74 Å². The fourth-order valence-corrected chi connectivity index (χ4v) is 3.21. The smallest absolute Gasteiger partial charge is 0.262 e. The van der Waals surface area contributed by atoms with Gasteiger partial charge in [-0.3, -0.25) is 13.8 Å². The Morgan fingerprint density at radius 3 is 2.60 bits per heavy atom. The maximum Gasteiger partial charge on any atom is 0.262 e. The number of aromatic nitrogens is 4. The van der Waals surface area contributed by atoms with E-state index >= 15 is 0 Å². The second kappa shape index (κ2) is 6.25. The van der Waals surface area contributed by atoms with Crippen molar-refractivity contribution >= 4 is 28.4 Å². The Hall–Kier alpha value is -2.80. The molecule has 0 radical (unpaired) electrons. The van der Waals surface area contributed by atoms with Gasteiger partial charge in [0.1, 0.15) is 12.4 Å². The molecule has 7 heteroatoms. The van der Waals surface area contributed by atoms with Crippen LogP contribution in [0, 0.1) is 0 Å². The summed E-state index contributed by atoms with van der Waals surface area (Å²) in [5.74, 6) is 1.92. The summed E-state index contributed by atoms with van der Waals surface area (Å²) < 4.78 is 9.23. The first-order chi connectivity index (χ1) is 12.2. The van der Waals surface area contributed by atoms with Crippen molar-refractivity contribution in [2.75, 3.05) is 6.26 Å². The van der Waals surface area contributed by atoms with Crippen LogP contribution in [0.2, 0.25) is 0 Å². The molecule has 0 saturated carbocycles. The minimum atomic E-state index is -0.0874. The summed E-state index contributed by atoms with van der Waals surface area (Å²) in [6, 6.07) is 15.3. The van der Waals surface area contributed by atoms with Crippen LogP contribution in [0.15, 0.2) is 58.2 Å². The first kappa shape index (κ1) is 15.7. The molecule has 2 aromatic heterocycles. The minimum Gasteiger partial charge on any atom is -0.486 e. The Bertz CT molecular complexity index is 1120. The molecule has 0 N–H and O–H groups in total. The van der Waals surface area contributed by atoms with Crippen LogP contribution >= 0.6 is 11.8 Å². The lowest BCUT2D eigenvalue weighted by Gasteiger charge is -2.09. The summed E-state index contributed by atoms with van der Waals surface area (Å²) in [6.07, 6.45) is 2.04. The van der Waals surface area contributed by atoms with Gasteiger partial charge in [-0.05, 0) is 42.7 Å². The molecule has 126 valence electrons. The van der Waals surface area contributed by atoms with Crippen molar-refractivity contribution in [2.24, 2.45) is 7.05 Å². The molecule has 2 heterocycles. The molecule has 0 aliphatic heterocycles. The Kier molecular flexibility index (Phi) is 3.93. The van der Waals surface area contributed by atoms with Gasteiger partial charge < -0.3 is 4.74 Å². The third-order valence-electron chi connectivity index (χ3n) is 4.12. The van der Waals surface area contributed by atoms with Crippen molar-refractivity contribution in [2.45, 2.75) is 11.5 Å². The maximum absolute atomic E-state index is 12.4. The fourth-order valence-electron chi connectivity index (χ4n) is 2.81. The molecule has 6 nitrogen and oxygen atoms in total. The molecular formula is C18H16N4O2S. The Morgan fingerprint density at radius 1 is 1.08 bits per heavy atom. The van der Waals surface area contributed by atoms with Crippen LogP contribution in [-0.2, 0) is 13.7 Å². The van der Waals surface area contributed by atoms with Crippen LogP contribution < -0.4 is 10.3 Å². The van der Waals surface area contributed by atoms with Crippen LogP contribution in [0.25, 0.3) is 16.7 Å². The van der Waals surface area contributed by atoms with E-state index in [2.05, 4.69) is 10.2 Å². The molecular weight excluding hydrogens is 336 g/mol. The molecule has 25 heavy (non-hydrogen) atoms. The highest BCUT2D eigenvalue weighted by molar-refractivity contribution is 7.98. The monoisotopic (exact) mass is 352 g/mol. The summed E-state index contributed by atoms with van der Waals surface area (Å²) in [7, 11) is 1.70. The Morgan fingerprint density at radius 2 is 1.84 bits per heavy atom. The number of hydrogen-bond acceptors (Lipinski definition) is 5. The normalized spacial score (nSPS) is 11.3. The Balaban J connectivity index is 1.76. The number of hydrogen-bond donors (Lipinski definition) is 0. The minimum absolute atomic E-state index is 0.0874. The van der Waals surface area contributed by atoms with Gasteiger partial charge >= 0.3 is 0 Å². The van der Waals surface area contributed by atoms with Crippen LogP contribution in [0.4, 0.5) is 0 Å². The van der Waals surface area contributed by atoms with Crippen LogP contribution in [0.5, 0.6) is 5.75 Å². The fraction of sp³-hybridized carbons (Fsp3) is 0.167. The lowest BCUT2D eigenvalue weighted by Crippen LogP contribution is -2.20. The lowest BCUT2D eigenvalue weighted by molar-refractivity contribution is 0.294. The predicted octanol–water partition coefficient (Wildman–Crippen LogP) is 2.88. The molecule has 0 fully saturated rings. The van der Waals surface area contributed by atoms with Crippen molar-refractivity contribution in [3.05, 3.63) is 64.7 Å². The maximum atomic E-state index is 12.4. The van der Waals surface area contributed by atoms with Gasteiger partial charge in [0.2, 0.25) is 5.78 Å². The highest BCUT2D eigenvalue weighted by Gasteiger charge is 2.14. The molecule has 0 saturated heterocycles. The molecule has 0 atom stereocenters. The molecule has 4 aromatic rings. The van der Waals surface area contributed by atoms with Crippen LogP contribution in [0.3, 0.4) is 0 Å². The van der Waals surface area contributed by atoms with E-state index in [-0.39, 0.29) is 12.2 Å². The van der Waals surface area contributed by atoms with Gasteiger partial charge in [-0.25, -0.2) is 0 Å². The van der Waals surface area contributed by atoms with E-state index in [1.165, 1.54) is 9.46 Å². The van der Waals surface area contributed by atoms with Gasteiger partial charge in [0.25, 0.3) is 5.56 Å². The van der Waals surface area contributed by atoms with Gasteiger partial charge in [-0.2, -0.15) is 0 Å². The number of rotatable bonds is 4. The quantitative estimate of drug-likeness (QED) is 0.529. The number of nitrogens with zero attached hydrogens (tertiary/aromatic N) is 4. The van der Waals surface area contributed by atoms with E-state index in [4.69, 9.17) is 4.74 Å². The summed E-state index contributed by atoms with van der Waals surface area (Å²) in [4.78, 5) is 13.6. The van der Waals surface area contributed by atoms with Gasteiger partial charge in [0, 0.05) is 11.9 Å². The van der Waals surface area contributed by atoms with E-state index in [9.17, 15) is 4.79 Å². The molecule has 0 aliphatic rings.